The molecule has 47 heavy (non-hydrogen) atoms. The SMILES string of the molecule is CC1C/C=C/C(O)C2CCC2CN2C[C@@]3(CCCc4cc(Cl)ccc43)COc3ccc(cc32)C(=O)NS(=O)C1C.Cc1ccccn1. The lowest BCUT2D eigenvalue weighted by molar-refractivity contribution is 0.0456. The second kappa shape index (κ2) is 14.5. The lowest BCUT2D eigenvalue weighted by Gasteiger charge is -2.45. The zero-order valence-corrected chi connectivity index (χ0v) is 29.1. The van der Waals surface area contributed by atoms with Crippen LogP contribution in [-0.4, -0.2) is 51.3 Å². The Hall–Kier alpha value is -3.20. The predicted octanol–water partition coefficient (Wildman–Crippen LogP) is 6.97. The van der Waals surface area contributed by atoms with Crippen LogP contribution in [0.25, 0.3) is 0 Å². The van der Waals surface area contributed by atoms with Crippen molar-refractivity contribution >= 4 is 34.2 Å². The first-order chi connectivity index (χ1) is 22.6. The number of ether oxygens (including phenoxy) is 1. The molecule has 1 spiro atoms. The van der Waals surface area contributed by atoms with Crippen LogP contribution in [0.5, 0.6) is 5.75 Å². The minimum Gasteiger partial charge on any atom is -0.490 e. The molecule has 0 saturated heterocycles. The van der Waals surface area contributed by atoms with Gasteiger partial charge in [-0.05, 0) is 124 Å². The number of carbonyl (C=O) groups excluding carboxylic acids is 1. The third-order valence-corrected chi connectivity index (χ3v) is 12.4. The number of aliphatic hydroxyl groups is 1. The van der Waals surface area contributed by atoms with Crippen LogP contribution in [-0.2, 0) is 22.8 Å². The van der Waals surface area contributed by atoms with Gasteiger partial charge in [0.1, 0.15) is 16.7 Å². The summed E-state index contributed by atoms with van der Waals surface area (Å²) in [4.78, 5) is 19.7. The summed E-state index contributed by atoms with van der Waals surface area (Å²) in [6, 6.07) is 17.7. The van der Waals surface area contributed by atoms with Gasteiger partial charge in [-0.2, -0.15) is 0 Å². The molecule has 2 N–H and O–H groups in total. The Morgan fingerprint density at radius 1 is 1.13 bits per heavy atom. The van der Waals surface area contributed by atoms with Crippen molar-refractivity contribution < 1.29 is 18.8 Å². The van der Waals surface area contributed by atoms with Crippen molar-refractivity contribution in [3.05, 3.63) is 100 Å². The highest BCUT2D eigenvalue weighted by Crippen LogP contribution is 2.46. The van der Waals surface area contributed by atoms with Crippen molar-refractivity contribution in [1.29, 1.82) is 0 Å². The van der Waals surface area contributed by atoms with E-state index in [1.54, 1.807) is 12.3 Å². The van der Waals surface area contributed by atoms with Crippen LogP contribution in [0.4, 0.5) is 5.69 Å². The molecule has 6 unspecified atom stereocenters. The van der Waals surface area contributed by atoms with Crippen LogP contribution in [0.1, 0.15) is 73.1 Å². The maximum atomic E-state index is 13.3. The second-order valence-corrected chi connectivity index (χ2v) is 15.8. The summed E-state index contributed by atoms with van der Waals surface area (Å²) in [5, 5.41) is 11.6. The van der Waals surface area contributed by atoms with Gasteiger partial charge in [-0.3, -0.25) is 14.5 Å². The number of nitrogens with zero attached hydrogens (tertiary/aromatic N) is 2. The molecule has 1 aromatic heterocycles. The number of anilines is 1. The molecule has 1 amide bonds. The number of allylic oxidation sites excluding steroid dienone is 1. The average Bonchev–Trinajstić information content (AvgIpc) is 3.19. The van der Waals surface area contributed by atoms with E-state index < -0.39 is 17.1 Å². The summed E-state index contributed by atoms with van der Waals surface area (Å²) >= 11 is 6.39. The van der Waals surface area contributed by atoms with Gasteiger partial charge in [0.15, 0.2) is 0 Å². The predicted molar refractivity (Wildman–Crippen MR) is 189 cm³/mol. The van der Waals surface area contributed by atoms with Crippen molar-refractivity contribution in [1.82, 2.24) is 9.71 Å². The topological polar surface area (TPSA) is 91.8 Å². The molecule has 3 aromatic rings. The van der Waals surface area contributed by atoms with Gasteiger partial charge in [0, 0.05) is 41.0 Å². The monoisotopic (exact) mass is 675 g/mol. The van der Waals surface area contributed by atoms with Gasteiger partial charge in [-0.25, -0.2) is 4.21 Å². The summed E-state index contributed by atoms with van der Waals surface area (Å²) in [7, 11) is -1.53. The molecule has 7 rings (SSSR count). The molecule has 7 nitrogen and oxygen atoms in total. The molecule has 7 atom stereocenters. The van der Waals surface area contributed by atoms with Crippen LogP contribution in [0.3, 0.4) is 0 Å². The maximum Gasteiger partial charge on any atom is 0.263 e. The van der Waals surface area contributed by atoms with Gasteiger partial charge in [-0.1, -0.05) is 42.8 Å². The van der Waals surface area contributed by atoms with E-state index in [4.69, 9.17) is 16.3 Å². The van der Waals surface area contributed by atoms with Crippen molar-refractivity contribution in [2.24, 2.45) is 17.8 Å². The maximum absolute atomic E-state index is 13.3. The van der Waals surface area contributed by atoms with Crippen LogP contribution in [0, 0.1) is 24.7 Å². The third kappa shape index (κ3) is 7.45. The number of amides is 1. The van der Waals surface area contributed by atoms with Gasteiger partial charge in [0.2, 0.25) is 0 Å². The van der Waals surface area contributed by atoms with E-state index in [0.29, 0.717) is 24.5 Å². The fourth-order valence-corrected chi connectivity index (χ4v) is 8.69. The third-order valence-electron chi connectivity index (χ3n) is 10.7. The number of benzene rings is 2. The lowest BCUT2D eigenvalue weighted by atomic mass is 9.68. The number of halogens is 1. The molecule has 2 bridgehead atoms. The van der Waals surface area contributed by atoms with Gasteiger partial charge >= 0.3 is 0 Å². The summed E-state index contributed by atoms with van der Waals surface area (Å²) in [5.74, 6) is 1.05. The molecule has 1 saturated carbocycles. The minimum absolute atomic E-state index is 0.0926. The fraction of sp³-hybridized carbons (Fsp3) is 0.474. The first kappa shape index (κ1) is 33.7. The average molecular weight is 676 g/mol. The van der Waals surface area contributed by atoms with Crippen molar-refractivity contribution in [3.63, 3.8) is 0 Å². The van der Waals surface area contributed by atoms with Crippen molar-refractivity contribution in [2.75, 3.05) is 24.6 Å². The number of rotatable bonds is 0. The molecule has 9 heteroatoms. The largest absolute Gasteiger partial charge is 0.490 e. The number of aromatic nitrogens is 1. The standard InChI is InChI=1S/C32H39ClN2O4S.C6H7N/c1-20-5-3-7-29(36)26-11-8-24(26)17-35-18-32(14-4-6-22-15-25(33)10-12-27(22)32)19-39-30-13-9-23(16-28(30)35)31(37)34-40(38)21(20)2;1-6-4-2-3-5-7-6/h3,7,9-10,12-13,15-16,20-21,24,26,29,36H,4-6,8,11,14,17-19H2,1-2H3,(H,34,37);2-5H,1H3/b7-3+;/t20?,21?,24?,26?,29?,32-,40?;/m0./s1. The minimum atomic E-state index is -1.53. The number of hydrogen-bond donors (Lipinski definition) is 2. The molecular formula is C38H46ClN3O4S. The normalized spacial score (nSPS) is 31.0. The first-order valence-corrected chi connectivity index (χ1v) is 18.5. The van der Waals surface area contributed by atoms with E-state index in [2.05, 4.69) is 26.7 Å². The summed E-state index contributed by atoms with van der Waals surface area (Å²) < 4.78 is 22.3. The number of nitrogens with one attached hydrogen (secondary N) is 1. The highest BCUT2D eigenvalue weighted by molar-refractivity contribution is 7.84. The Labute approximate surface area is 286 Å². The highest BCUT2D eigenvalue weighted by Gasteiger charge is 2.44. The first-order valence-electron chi connectivity index (χ1n) is 16.9. The van der Waals surface area contributed by atoms with E-state index in [1.807, 2.05) is 69.3 Å². The number of carbonyl (C=O) groups is 1. The van der Waals surface area contributed by atoms with Crippen LogP contribution < -0.4 is 14.4 Å². The zero-order chi connectivity index (χ0) is 33.1. The molecule has 2 aliphatic carbocycles. The van der Waals surface area contributed by atoms with Gasteiger partial charge in [-0.15, -0.1) is 0 Å². The summed E-state index contributed by atoms with van der Waals surface area (Å²) in [6.07, 6.45) is 11.1. The molecule has 3 heterocycles. The quantitative estimate of drug-likeness (QED) is 0.250. The Kier molecular flexibility index (Phi) is 10.4. The van der Waals surface area contributed by atoms with Crippen LogP contribution in [0.15, 0.2) is 72.9 Å². The molecule has 1 fully saturated rings. The number of hydrogen-bond acceptors (Lipinski definition) is 6. The van der Waals surface area contributed by atoms with Crippen LogP contribution >= 0.6 is 11.6 Å². The molecule has 0 radical (unpaired) electrons. The van der Waals surface area contributed by atoms with E-state index in [9.17, 15) is 14.1 Å². The molecule has 2 aliphatic heterocycles. The highest BCUT2D eigenvalue weighted by atomic mass is 35.5. The van der Waals surface area contributed by atoms with Crippen molar-refractivity contribution in [3.8, 4) is 5.75 Å². The van der Waals surface area contributed by atoms with Gasteiger partial charge in [0.25, 0.3) is 5.91 Å². The van der Waals surface area contributed by atoms with E-state index in [1.165, 1.54) is 11.1 Å². The second-order valence-electron chi connectivity index (χ2n) is 13.8. The Morgan fingerprint density at radius 2 is 1.98 bits per heavy atom. The van der Waals surface area contributed by atoms with Crippen molar-refractivity contribution in [2.45, 2.75) is 76.1 Å². The molecule has 2 aromatic carbocycles. The fourth-order valence-electron chi connectivity index (χ4n) is 7.48. The Balaban J connectivity index is 0.000000491. The number of pyridine rings is 1. The molecular weight excluding hydrogens is 630 g/mol. The smallest absolute Gasteiger partial charge is 0.263 e. The van der Waals surface area contributed by atoms with E-state index in [0.717, 1.165) is 67.3 Å². The Bertz CT molecular complexity index is 1630. The number of aliphatic hydroxyl groups excluding tert-OH is 1. The number of aryl methyl sites for hydroxylation is 2. The zero-order valence-electron chi connectivity index (χ0n) is 27.5. The lowest BCUT2D eigenvalue weighted by Crippen LogP contribution is -2.49. The van der Waals surface area contributed by atoms with E-state index >= 15 is 0 Å². The van der Waals surface area contributed by atoms with Crippen LogP contribution in [0.2, 0.25) is 5.02 Å². The summed E-state index contributed by atoms with van der Waals surface area (Å²) in [6.45, 7) is 8.00. The number of fused-ring (bicyclic) bond motifs is 4. The van der Waals surface area contributed by atoms with E-state index in [-0.39, 0.29) is 28.4 Å². The van der Waals surface area contributed by atoms with Gasteiger partial charge < -0.3 is 14.7 Å². The van der Waals surface area contributed by atoms with Gasteiger partial charge in [0.05, 0.1) is 23.6 Å². The Morgan fingerprint density at radius 3 is 2.70 bits per heavy atom. The molecule has 250 valence electrons. The molecule has 4 aliphatic rings. The summed E-state index contributed by atoms with van der Waals surface area (Å²) in [5.41, 5.74) is 4.82.